The van der Waals surface area contributed by atoms with Gasteiger partial charge in [-0.1, -0.05) is 30.1 Å². The molecule has 2 amide bonds. The summed E-state index contributed by atoms with van der Waals surface area (Å²) < 4.78 is 0. The molecule has 3 rings (SSSR count). The summed E-state index contributed by atoms with van der Waals surface area (Å²) in [4.78, 5) is 29.3. The molecule has 5 nitrogen and oxygen atoms in total. The Bertz CT molecular complexity index is 835. The molecule has 0 bridgehead atoms. The van der Waals surface area contributed by atoms with Crippen molar-refractivity contribution in [1.29, 1.82) is 0 Å². The van der Waals surface area contributed by atoms with Crippen LogP contribution < -0.4 is 11.1 Å². The number of hydrogen-bond donors (Lipinski definition) is 2. The molecular formula is C16H15Cl2N3O2S. The van der Waals surface area contributed by atoms with Crippen LogP contribution in [0.3, 0.4) is 0 Å². The van der Waals surface area contributed by atoms with Crippen LogP contribution in [0, 0.1) is 5.92 Å². The van der Waals surface area contributed by atoms with Gasteiger partial charge in [0.1, 0.15) is 10.2 Å². The van der Waals surface area contributed by atoms with Gasteiger partial charge in [0.25, 0.3) is 11.8 Å². The van der Waals surface area contributed by atoms with Crippen LogP contribution in [-0.4, -0.2) is 16.8 Å². The van der Waals surface area contributed by atoms with Gasteiger partial charge in [-0.05, 0) is 36.8 Å². The highest BCUT2D eigenvalue weighted by atomic mass is 35.5. The van der Waals surface area contributed by atoms with E-state index in [1.54, 1.807) is 0 Å². The molecule has 0 unspecified atom stereocenters. The first-order chi connectivity index (χ1) is 11.4. The van der Waals surface area contributed by atoms with Crippen molar-refractivity contribution < 1.29 is 9.59 Å². The zero-order valence-corrected chi connectivity index (χ0v) is 15.2. The number of nitrogens with zero attached hydrogens (tertiary/aromatic N) is 1. The van der Waals surface area contributed by atoms with Crippen LogP contribution in [-0.2, 0) is 12.8 Å². The molecule has 3 N–H and O–H groups in total. The second-order valence-electron chi connectivity index (χ2n) is 5.87. The number of nitrogens with two attached hydrogens (primary N) is 1. The van der Waals surface area contributed by atoms with E-state index in [0.717, 1.165) is 29.7 Å². The number of nitrogens with one attached hydrogen (secondary N) is 1. The van der Waals surface area contributed by atoms with E-state index in [4.69, 9.17) is 28.9 Å². The van der Waals surface area contributed by atoms with Crippen LogP contribution in [0.2, 0.25) is 10.2 Å². The molecule has 24 heavy (non-hydrogen) atoms. The third-order valence-corrected chi connectivity index (χ3v) is 5.90. The van der Waals surface area contributed by atoms with Crippen LogP contribution in [0.25, 0.3) is 0 Å². The van der Waals surface area contributed by atoms with E-state index in [1.165, 1.54) is 23.6 Å². The molecule has 0 spiro atoms. The summed E-state index contributed by atoms with van der Waals surface area (Å²) in [6.45, 7) is 2.17. The number of rotatable bonds is 3. The quantitative estimate of drug-likeness (QED) is 0.787. The van der Waals surface area contributed by atoms with Crippen LogP contribution >= 0.6 is 34.5 Å². The van der Waals surface area contributed by atoms with E-state index >= 15 is 0 Å². The Morgan fingerprint density at radius 3 is 2.83 bits per heavy atom. The number of anilines is 1. The van der Waals surface area contributed by atoms with Gasteiger partial charge in [-0.3, -0.25) is 9.59 Å². The molecule has 0 aromatic carbocycles. The lowest BCUT2D eigenvalue weighted by Gasteiger charge is -2.18. The monoisotopic (exact) mass is 383 g/mol. The molecule has 1 aliphatic carbocycles. The molecule has 0 fully saturated rings. The number of halogens is 2. The van der Waals surface area contributed by atoms with Gasteiger partial charge in [-0.15, -0.1) is 11.3 Å². The van der Waals surface area contributed by atoms with E-state index in [2.05, 4.69) is 17.2 Å². The molecule has 0 aliphatic heterocycles. The van der Waals surface area contributed by atoms with Gasteiger partial charge < -0.3 is 11.1 Å². The zero-order chi connectivity index (χ0) is 17.4. The standard InChI is InChI=1S/C16H15Cl2N3O2S/c1-7-2-3-9-11(4-7)24-16(12(9)14(19)22)21-15(23)8-5-10(17)13(18)20-6-8/h5-7H,2-4H2,1H3,(H2,19,22)(H,21,23)/t7-/m0/s1. The van der Waals surface area contributed by atoms with Crippen molar-refractivity contribution in [2.24, 2.45) is 11.7 Å². The Labute approximate surface area is 153 Å². The molecule has 2 aromatic rings. The minimum Gasteiger partial charge on any atom is -0.365 e. The Balaban J connectivity index is 1.93. The van der Waals surface area contributed by atoms with E-state index < -0.39 is 11.8 Å². The fourth-order valence-corrected chi connectivity index (χ4v) is 4.50. The third-order valence-electron chi connectivity index (χ3n) is 4.04. The highest BCUT2D eigenvalue weighted by Crippen LogP contribution is 2.39. The number of pyridine rings is 1. The lowest BCUT2D eigenvalue weighted by atomic mass is 9.88. The average molecular weight is 384 g/mol. The molecular weight excluding hydrogens is 369 g/mol. The normalized spacial score (nSPS) is 16.5. The summed E-state index contributed by atoms with van der Waals surface area (Å²) in [5.41, 5.74) is 7.19. The second-order valence-corrected chi connectivity index (χ2v) is 7.74. The second kappa shape index (κ2) is 6.70. The highest BCUT2D eigenvalue weighted by Gasteiger charge is 2.27. The predicted octanol–water partition coefficient (Wildman–Crippen LogP) is 3.93. The van der Waals surface area contributed by atoms with Gasteiger partial charge in [0.05, 0.1) is 16.1 Å². The van der Waals surface area contributed by atoms with Crippen LogP contribution in [0.5, 0.6) is 0 Å². The number of fused-ring (bicyclic) bond motifs is 1. The summed E-state index contributed by atoms with van der Waals surface area (Å²) in [5.74, 6) is -0.375. The molecule has 8 heteroatoms. The largest absolute Gasteiger partial charge is 0.365 e. The van der Waals surface area contributed by atoms with E-state index in [0.29, 0.717) is 16.5 Å². The minimum atomic E-state index is -0.524. The first-order valence-electron chi connectivity index (χ1n) is 7.43. The molecule has 126 valence electrons. The van der Waals surface area contributed by atoms with Gasteiger partial charge in [-0.2, -0.15) is 0 Å². The molecule has 2 heterocycles. The number of hydrogen-bond acceptors (Lipinski definition) is 4. The molecule has 2 aromatic heterocycles. The highest BCUT2D eigenvalue weighted by molar-refractivity contribution is 7.17. The lowest BCUT2D eigenvalue weighted by Crippen LogP contribution is -2.19. The fraction of sp³-hybridized carbons (Fsp3) is 0.312. The number of amides is 2. The topological polar surface area (TPSA) is 85.1 Å². The van der Waals surface area contributed by atoms with Crippen LogP contribution in [0.1, 0.15) is 44.5 Å². The van der Waals surface area contributed by atoms with Gasteiger partial charge >= 0.3 is 0 Å². The average Bonchev–Trinajstić information content (AvgIpc) is 2.86. The Morgan fingerprint density at radius 1 is 1.42 bits per heavy atom. The Hall–Kier alpha value is -1.63. The van der Waals surface area contributed by atoms with Gasteiger partial charge in [0.2, 0.25) is 0 Å². The summed E-state index contributed by atoms with van der Waals surface area (Å²) >= 11 is 13.1. The number of thiophene rings is 1. The van der Waals surface area contributed by atoms with E-state index in [9.17, 15) is 9.59 Å². The minimum absolute atomic E-state index is 0.131. The zero-order valence-electron chi connectivity index (χ0n) is 12.9. The summed E-state index contributed by atoms with van der Waals surface area (Å²) in [6.07, 6.45) is 4.04. The van der Waals surface area contributed by atoms with Crippen molar-refractivity contribution in [1.82, 2.24) is 4.98 Å². The number of primary amides is 1. The van der Waals surface area contributed by atoms with Crippen molar-refractivity contribution in [3.05, 3.63) is 44.0 Å². The van der Waals surface area contributed by atoms with Crippen molar-refractivity contribution in [3.8, 4) is 0 Å². The SMILES string of the molecule is C[C@H]1CCc2c(sc(NC(=O)c3cnc(Cl)c(Cl)c3)c2C(N)=O)C1. The predicted molar refractivity (Wildman–Crippen MR) is 96.2 cm³/mol. The van der Waals surface area contributed by atoms with Crippen LogP contribution in [0.4, 0.5) is 5.00 Å². The van der Waals surface area contributed by atoms with Gasteiger partial charge in [-0.25, -0.2) is 4.98 Å². The summed E-state index contributed by atoms with van der Waals surface area (Å²) in [5, 5.41) is 3.57. The van der Waals surface area contributed by atoms with E-state index in [1.807, 2.05) is 0 Å². The maximum Gasteiger partial charge on any atom is 0.257 e. The maximum atomic E-state index is 12.4. The molecule has 0 saturated carbocycles. The van der Waals surface area contributed by atoms with Crippen LogP contribution in [0.15, 0.2) is 12.3 Å². The van der Waals surface area contributed by atoms with Crippen molar-refractivity contribution >= 4 is 51.4 Å². The first-order valence-corrected chi connectivity index (χ1v) is 9.00. The first kappa shape index (κ1) is 17.2. The van der Waals surface area contributed by atoms with Crippen molar-refractivity contribution in [2.75, 3.05) is 5.32 Å². The molecule has 1 aliphatic rings. The lowest BCUT2D eigenvalue weighted by molar-refractivity contribution is 0.1000. The number of carbonyl (C=O) groups is 2. The fourth-order valence-electron chi connectivity index (χ4n) is 2.82. The Kier molecular flexibility index (Phi) is 4.80. The molecule has 0 radical (unpaired) electrons. The number of aromatic nitrogens is 1. The van der Waals surface area contributed by atoms with Gasteiger partial charge in [0, 0.05) is 11.1 Å². The van der Waals surface area contributed by atoms with Crippen molar-refractivity contribution in [3.63, 3.8) is 0 Å². The molecule has 0 saturated heterocycles. The smallest absolute Gasteiger partial charge is 0.257 e. The summed E-state index contributed by atoms with van der Waals surface area (Å²) in [6, 6.07) is 1.44. The molecule has 1 atom stereocenters. The van der Waals surface area contributed by atoms with Crippen molar-refractivity contribution in [2.45, 2.75) is 26.2 Å². The van der Waals surface area contributed by atoms with Gasteiger partial charge in [0.15, 0.2) is 0 Å². The Morgan fingerprint density at radius 2 is 2.17 bits per heavy atom. The number of carbonyl (C=O) groups excluding carboxylic acids is 2. The maximum absolute atomic E-state index is 12.4. The summed E-state index contributed by atoms with van der Waals surface area (Å²) in [7, 11) is 0. The third kappa shape index (κ3) is 3.27. The van der Waals surface area contributed by atoms with E-state index in [-0.39, 0.29) is 15.7 Å².